The Kier molecular flexibility index (Phi) is 4.28. The van der Waals surface area contributed by atoms with Gasteiger partial charge in [-0.25, -0.2) is 9.59 Å². The zero-order chi connectivity index (χ0) is 12.1. The fraction of sp³-hybridized carbons (Fsp3) is 0.700. The number of hydrogen-bond acceptors (Lipinski definition) is 5. The molecule has 1 aliphatic rings. The molecule has 0 bridgehead atoms. The molecule has 1 atom stereocenters. The van der Waals surface area contributed by atoms with Crippen molar-refractivity contribution in [2.75, 3.05) is 19.8 Å². The number of carbonyl (C=O) groups excluding carboxylic acids is 3. The van der Waals surface area contributed by atoms with Crippen molar-refractivity contribution in [3.63, 3.8) is 0 Å². The molecular weight excluding hydrogens is 214 g/mol. The highest BCUT2D eigenvalue weighted by Crippen LogP contribution is 2.17. The van der Waals surface area contributed by atoms with Crippen LogP contribution in [-0.4, -0.2) is 48.5 Å². The molecule has 1 rings (SSSR count). The quantitative estimate of drug-likeness (QED) is 0.653. The van der Waals surface area contributed by atoms with Gasteiger partial charge in [-0.1, -0.05) is 0 Å². The first-order valence-electron chi connectivity index (χ1n) is 5.21. The number of esters is 1. The maximum atomic E-state index is 11.5. The minimum absolute atomic E-state index is 0.0116. The molecule has 0 saturated carbocycles. The van der Waals surface area contributed by atoms with Crippen LogP contribution in [0.1, 0.15) is 20.3 Å². The third-order valence-electron chi connectivity index (χ3n) is 2.20. The van der Waals surface area contributed by atoms with Crippen molar-refractivity contribution in [1.29, 1.82) is 0 Å². The molecule has 1 aliphatic heterocycles. The summed E-state index contributed by atoms with van der Waals surface area (Å²) in [6.07, 6.45) is -0.635. The van der Waals surface area contributed by atoms with Crippen molar-refractivity contribution < 1.29 is 23.9 Å². The van der Waals surface area contributed by atoms with Crippen LogP contribution in [0.2, 0.25) is 0 Å². The van der Waals surface area contributed by atoms with E-state index in [-0.39, 0.29) is 32.0 Å². The minimum atomic E-state index is -0.827. The summed E-state index contributed by atoms with van der Waals surface area (Å²) in [5.41, 5.74) is 0. The van der Waals surface area contributed by atoms with Crippen molar-refractivity contribution in [3.8, 4) is 0 Å². The molecular formula is C10H15NO5. The van der Waals surface area contributed by atoms with Crippen molar-refractivity contribution in [2.24, 2.45) is 0 Å². The molecule has 0 aromatic heterocycles. The van der Waals surface area contributed by atoms with Gasteiger partial charge in [0.05, 0.1) is 19.8 Å². The fourth-order valence-electron chi connectivity index (χ4n) is 1.54. The molecule has 0 aromatic rings. The number of Topliss-reactive ketones (excluding diaryl/α,β-unsaturated/α-hetero) is 1. The predicted octanol–water partition coefficient (Wildman–Crippen LogP) is 0.349. The zero-order valence-electron chi connectivity index (χ0n) is 9.39. The standard InChI is InChI=1S/C10H15NO5/c1-3-15-9(13)8-5-7(12)6-11(8)10(14)16-4-2/h8H,3-6H2,1-2H3. The molecule has 0 radical (unpaired) electrons. The molecule has 1 unspecified atom stereocenters. The van der Waals surface area contributed by atoms with Crippen molar-refractivity contribution in [1.82, 2.24) is 4.90 Å². The largest absolute Gasteiger partial charge is 0.464 e. The highest BCUT2D eigenvalue weighted by atomic mass is 16.6. The van der Waals surface area contributed by atoms with Gasteiger partial charge in [0.2, 0.25) is 0 Å². The molecule has 1 saturated heterocycles. The van der Waals surface area contributed by atoms with E-state index in [9.17, 15) is 14.4 Å². The van der Waals surface area contributed by atoms with Gasteiger partial charge in [0.25, 0.3) is 0 Å². The summed E-state index contributed by atoms with van der Waals surface area (Å²) < 4.78 is 9.55. The number of hydrogen-bond donors (Lipinski definition) is 0. The molecule has 16 heavy (non-hydrogen) atoms. The van der Waals surface area contributed by atoms with E-state index in [0.29, 0.717) is 0 Å². The lowest BCUT2D eigenvalue weighted by Gasteiger charge is -2.20. The smallest absolute Gasteiger partial charge is 0.410 e. The number of carbonyl (C=O) groups is 3. The van der Waals surface area contributed by atoms with Gasteiger partial charge >= 0.3 is 12.1 Å². The van der Waals surface area contributed by atoms with Crippen LogP contribution >= 0.6 is 0 Å². The monoisotopic (exact) mass is 229 g/mol. The van der Waals surface area contributed by atoms with Crippen LogP contribution in [0, 0.1) is 0 Å². The van der Waals surface area contributed by atoms with Crippen LogP contribution in [0.25, 0.3) is 0 Å². The van der Waals surface area contributed by atoms with E-state index < -0.39 is 18.1 Å². The van der Waals surface area contributed by atoms with E-state index in [4.69, 9.17) is 9.47 Å². The van der Waals surface area contributed by atoms with E-state index in [2.05, 4.69) is 0 Å². The summed E-state index contributed by atoms with van der Waals surface area (Å²) in [6, 6.07) is -0.827. The Labute approximate surface area is 93.5 Å². The van der Waals surface area contributed by atoms with E-state index in [0.717, 1.165) is 4.90 Å². The average Bonchev–Trinajstić information content (AvgIpc) is 2.61. The lowest BCUT2D eigenvalue weighted by Crippen LogP contribution is -2.41. The number of nitrogens with zero attached hydrogens (tertiary/aromatic N) is 1. The molecule has 0 aliphatic carbocycles. The summed E-state index contributed by atoms with van der Waals surface area (Å²) in [6.45, 7) is 3.68. The number of amides is 1. The van der Waals surface area contributed by atoms with Gasteiger partial charge in [-0.05, 0) is 13.8 Å². The Morgan fingerprint density at radius 3 is 2.50 bits per heavy atom. The van der Waals surface area contributed by atoms with Crippen molar-refractivity contribution >= 4 is 17.8 Å². The van der Waals surface area contributed by atoms with Crippen LogP contribution in [0.4, 0.5) is 4.79 Å². The second kappa shape index (κ2) is 5.48. The minimum Gasteiger partial charge on any atom is -0.464 e. The van der Waals surface area contributed by atoms with Crippen molar-refractivity contribution in [3.05, 3.63) is 0 Å². The number of likely N-dealkylation sites (tertiary alicyclic amines) is 1. The summed E-state index contributed by atoms with van der Waals surface area (Å²) in [7, 11) is 0. The first kappa shape index (κ1) is 12.5. The van der Waals surface area contributed by atoms with Crippen LogP contribution < -0.4 is 0 Å². The summed E-state index contributed by atoms with van der Waals surface area (Å²) >= 11 is 0. The normalized spacial score (nSPS) is 19.8. The Hall–Kier alpha value is -1.59. The molecule has 1 amide bonds. The molecule has 6 heteroatoms. The van der Waals surface area contributed by atoms with Gasteiger partial charge in [0, 0.05) is 6.42 Å². The van der Waals surface area contributed by atoms with Crippen molar-refractivity contribution in [2.45, 2.75) is 26.3 Å². The molecule has 1 heterocycles. The maximum absolute atomic E-state index is 11.5. The third kappa shape index (κ3) is 2.71. The van der Waals surface area contributed by atoms with Gasteiger partial charge in [0.1, 0.15) is 6.04 Å². The second-order valence-corrected chi connectivity index (χ2v) is 3.34. The van der Waals surface area contributed by atoms with E-state index in [1.54, 1.807) is 13.8 Å². The summed E-state index contributed by atoms with van der Waals surface area (Å²) in [4.78, 5) is 35.3. The summed E-state index contributed by atoms with van der Waals surface area (Å²) in [5.74, 6) is -0.715. The Bertz CT molecular complexity index is 274. The molecule has 90 valence electrons. The van der Waals surface area contributed by atoms with Crippen LogP contribution in [0.3, 0.4) is 0 Å². The maximum Gasteiger partial charge on any atom is 0.410 e. The molecule has 0 spiro atoms. The lowest BCUT2D eigenvalue weighted by atomic mass is 10.2. The van der Waals surface area contributed by atoms with Gasteiger partial charge < -0.3 is 9.47 Å². The molecule has 6 nitrogen and oxygen atoms in total. The Balaban J connectivity index is 2.69. The molecule has 0 N–H and O–H groups in total. The van der Waals surface area contributed by atoms with Crippen LogP contribution in [0.15, 0.2) is 0 Å². The highest BCUT2D eigenvalue weighted by Gasteiger charge is 2.40. The number of ketones is 1. The molecule has 0 aromatic carbocycles. The van der Waals surface area contributed by atoms with Gasteiger partial charge in [-0.2, -0.15) is 0 Å². The average molecular weight is 229 g/mol. The van der Waals surface area contributed by atoms with E-state index >= 15 is 0 Å². The summed E-state index contributed by atoms with van der Waals surface area (Å²) in [5, 5.41) is 0. The third-order valence-corrected chi connectivity index (χ3v) is 2.20. The first-order chi connectivity index (χ1) is 7.60. The van der Waals surface area contributed by atoms with Crippen LogP contribution in [-0.2, 0) is 19.1 Å². The SMILES string of the molecule is CCOC(=O)C1CC(=O)CN1C(=O)OCC. The van der Waals surface area contributed by atoms with E-state index in [1.165, 1.54) is 0 Å². The number of ether oxygens (including phenoxy) is 2. The second-order valence-electron chi connectivity index (χ2n) is 3.34. The molecule has 1 fully saturated rings. The zero-order valence-corrected chi connectivity index (χ0v) is 9.39. The first-order valence-corrected chi connectivity index (χ1v) is 5.21. The van der Waals surface area contributed by atoms with Gasteiger partial charge in [0.15, 0.2) is 5.78 Å². The Morgan fingerprint density at radius 1 is 1.31 bits per heavy atom. The van der Waals surface area contributed by atoms with E-state index in [1.807, 2.05) is 0 Å². The topological polar surface area (TPSA) is 72.9 Å². The Morgan fingerprint density at radius 2 is 1.94 bits per heavy atom. The fourth-order valence-corrected chi connectivity index (χ4v) is 1.54. The van der Waals surface area contributed by atoms with Gasteiger partial charge in [-0.3, -0.25) is 9.69 Å². The number of rotatable bonds is 3. The van der Waals surface area contributed by atoms with Gasteiger partial charge in [-0.15, -0.1) is 0 Å². The highest BCUT2D eigenvalue weighted by molar-refractivity contribution is 5.95. The predicted molar refractivity (Wildman–Crippen MR) is 53.8 cm³/mol. The lowest BCUT2D eigenvalue weighted by molar-refractivity contribution is -0.148. The van der Waals surface area contributed by atoms with Crippen LogP contribution in [0.5, 0.6) is 0 Å².